The number of rotatable bonds is 7. The van der Waals surface area contributed by atoms with Crippen molar-refractivity contribution < 1.29 is 0 Å². The zero-order valence-corrected chi connectivity index (χ0v) is 13.8. The first-order valence-electron chi connectivity index (χ1n) is 8.62. The Morgan fingerprint density at radius 1 is 1.14 bits per heavy atom. The van der Waals surface area contributed by atoms with E-state index < -0.39 is 0 Å². The molecule has 1 aliphatic carbocycles. The predicted octanol–water partition coefficient (Wildman–Crippen LogP) is 4.24. The van der Waals surface area contributed by atoms with Gasteiger partial charge in [0.05, 0.1) is 0 Å². The summed E-state index contributed by atoms with van der Waals surface area (Å²) in [5.41, 5.74) is 1.25. The van der Waals surface area contributed by atoms with E-state index in [1.54, 1.807) is 6.33 Å². The van der Waals surface area contributed by atoms with Crippen LogP contribution in [0, 0.1) is 5.92 Å². The molecule has 0 bridgehead atoms. The minimum Gasteiger partial charge on any atom is -0.370 e. The number of nitrogens with one attached hydrogen (secondary N) is 2. The zero-order valence-electron chi connectivity index (χ0n) is 13.8. The van der Waals surface area contributed by atoms with Gasteiger partial charge in [-0.1, -0.05) is 39.5 Å². The van der Waals surface area contributed by atoms with Crippen molar-refractivity contribution in [2.24, 2.45) is 5.92 Å². The standard InChI is InChI=1S/C17H30N4/c1-4-8-15-16(18-6-3)19-12-20-17(15)21-14-10-7-9-13(5-2)11-14/h12-14H,4-11H2,1-3H3,(H2,18,19,20,21). The van der Waals surface area contributed by atoms with E-state index in [1.165, 1.54) is 37.7 Å². The van der Waals surface area contributed by atoms with Crippen LogP contribution >= 0.6 is 0 Å². The molecule has 118 valence electrons. The van der Waals surface area contributed by atoms with Gasteiger partial charge in [0.15, 0.2) is 0 Å². The van der Waals surface area contributed by atoms with Crippen molar-refractivity contribution in [1.29, 1.82) is 0 Å². The third-order valence-electron chi connectivity index (χ3n) is 4.49. The van der Waals surface area contributed by atoms with Gasteiger partial charge in [0.2, 0.25) is 0 Å². The van der Waals surface area contributed by atoms with Gasteiger partial charge in [0, 0.05) is 18.2 Å². The quantitative estimate of drug-likeness (QED) is 0.788. The average Bonchev–Trinajstić information content (AvgIpc) is 2.51. The topological polar surface area (TPSA) is 49.8 Å². The van der Waals surface area contributed by atoms with Crippen LogP contribution in [0.5, 0.6) is 0 Å². The maximum absolute atomic E-state index is 4.52. The van der Waals surface area contributed by atoms with E-state index in [0.717, 1.165) is 36.9 Å². The Kier molecular flexibility index (Phi) is 6.27. The van der Waals surface area contributed by atoms with Crippen molar-refractivity contribution in [3.63, 3.8) is 0 Å². The Morgan fingerprint density at radius 2 is 1.95 bits per heavy atom. The molecule has 1 aromatic rings. The molecule has 1 fully saturated rings. The highest BCUT2D eigenvalue weighted by Gasteiger charge is 2.22. The third kappa shape index (κ3) is 4.32. The molecular weight excluding hydrogens is 260 g/mol. The summed E-state index contributed by atoms with van der Waals surface area (Å²) in [6.45, 7) is 7.52. The average molecular weight is 290 g/mol. The minimum atomic E-state index is 0.573. The number of hydrogen-bond acceptors (Lipinski definition) is 4. The molecule has 1 saturated carbocycles. The monoisotopic (exact) mass is 290 g/mol. The molecular formula is C17H30N4. The van der Waals surface area contributed by atoms with Gasteiger partial charge in [-0.2, -0.15) is 0 Å². The van der Waals surface area contributed by atoms with Gasteiger partial charge in [0.1, 0.15) is 18.0 Å². The highest BCUT2D eigenvalue weighted by atomic mass is 15.1. The normalized spacial score (nSPS) is 22.0. The molecule has 2 rings (SSSR count). The van der Waals surface area contributed by atoms with Crippen LogP contribution in [-0.2, 0) is 6.42 Å². The van der Waals surface area contributed by atoms with E-state index in [1.807, 2.05) is 0 Å². The third-order valence-corrected chi connectivity index (χ3v) is 4.49. The van der Waals surface area contributed by atoms with Crippen LogP contribution in [0.25, 0.3) is 0 Å². The molecule has 4 heteroatoms. The Bertz CT molecular complexity index is 433. The van der Waals surface area contributed by atoms with Crippen molar-refractivity contribution in [3.8, 4) is 0 Å². The lowest BCUT2D eigenvalue weighted by atomic mass is 9.84. The van der Waals surface area contributed by atoms with Crippen LogP contribution in [0.15, 0.2) is 6.33 Å². The molecule has 1 heterocycles. The van der Waals surface area contributed by atoms with Crippen LogP contribution in [0.3, 0.4) is 0 Å². The molecule has 0 amide bonds. The van der Waals surface area contributed by atoms with Gasteiger partial charge >= 0.3 is 0 Å². The largest absolute Gasteiger partial charge is 0.370 e. The zero-order chi connectivity index (χ0) is 15.1. The van der Waals surface area contributed by atoms with Crippen LogP contribution < -0.4 is 10.6 Å². The molecule has 2 N–H and O–H groups in total. The lowest BCUT2D eigenvalue weighted by Gasteiger charge is -2.30. The SMILES string of the molecule is CCCc1c(NCC)ncnc1NC1CCCC(CC)C1. The predicted molar refractivity (Wildman–Crippen MR) is 89.9 cm³/mol. The van der Waals surface area contributed by atoms with Crippen LogP contribution in [0.2, 0.25) is 0 Å². The molecule has 0 spiro atoms. The van der Waals surface area contributed by atoms with Gasteiger partial charge in [0.25, 0.3) is 0 Å². The second-order valence-electron chi connectivity index (χ2n) is 6.11. The highest BCUT2D eigenvalue weighted by molar-refractivity contribution is 5.57. The van der Waals surface area contributed by atoms with Crippen molar-refractivity contribution >= 4 is 11.6 Å². The van der Waals surface area contributed by atoms with Crippen LogP contribution in [0.1, 0.15) is 64.9 Å². The lowest BCUT2D eigenvalue weighted by molar-refractivity contribution is 0.327. The van der Waals surface area contributed by atoms with Gasteiger partial charge in [-0.15, -0.1) is 0 Å². The Hall–Kier alpha value is -1.32. The molecule has 4 nitrogen and oxygen atoms in total. The van der Waals surface area contributed by atoms with Crippen molar-refractivity contribution in [2.75, 3.05) is 17.2 Å². The molecule has 21 heavy (non-hydrogen) atoms. The van der Waals surface area contributed by atoms with Crippen molar-refractivity contribution in [2.45, 2.75) is 71.8 Å². The second-order valence-corrected chi connectivity index (χ2v) is 6.11. The number of nitrogens with zero attached hydrogens (tertiary/aromatic N) is 2. The fourth-order valence-corrected chi connectivity index (χ4v) is 3.33. The fourth-order valence-electron chi connectivity index (χ4n) is 3.33. The summed E-state index contributed by atoms with van der Waals surface area (Å²) in [6.07, 6.45) is 10.4. The van der Waals surface area contributed by atoms with E-state index in [0.29, 0.717) is 6.04 Å². The van der Waals surface area contributed by atoms with Crippen LogP contribution in [0.4, 0.5) is 11.6 Å². The van der Waals surface area contributed by atoms with Gasteiger partial charge in [-0.25, -0.2) is 9.97 Å². The van der Waals surface area contributed by atoms with E-state index in [2.05, 4.69) is 41.4 Å². The first-order chi connectivity index (χ1) is 10.3. The van der Waals surface area contributed by atoms with Gasteiger partial charge in [-0.05, 0) is 32.1 Å². The van der Waals surface area contributed by atoms with Crippen LogP contribution in [-0.4, -0.2) is 22.6 Å². The summed E-state index contributed by atoms with van der Waals surface area (Å²) in [7, 11) is 0. The minimum absolute atomic E-state index is 0.573. The van der Waals surface area contributed by atoms with Gasteiger partial charge < -0.3 is 10.6 Å². The Labute approximate surface area is 129 Å². The van der Waals surface area contributed by atoms with Crippen molar-refractivity contribution in [1.82, 2.24) is 9.97 Å². The first-order valence-corrected chi connectivity index (χ1v) is 8.62. The number of anilines is 2. The summed E-state index contributed by atoms with van der Waals surface area (Å²) in [4.78, 5) is 8.93. The molecule has 0 aromatic carbocycles. The summed E-state index contributed by atoms with van der Waals surface area (Å²) < 4.78 is 0. The number of hydrogen-bond donors (Lipinski definition) is 2. The highest BCUT2D eigenvalue weighted by Crippen LogP contribution is 2.30. The lowest BCUT2D eigenvalue weighted by Crippen LogP contribution is -2.28. The smallest absolute Gasteiger partial charge is 0.134 e. The van der Waals surface area contributed by atoms with E-state index >= 15 is 0 Å². The fraction of sp³-hybridized carbons (Fsp3) is 0.765. The number of aromatic nitrogens is 2. The maximum Gasteiger partial charge on any atom is 0.134 e. The summed E-state index contributed by atoms with van der Waals surface area (Å²) in [5.74, 6) is 2.92. The Morgan fingerprint density at radius 3 is 2.67 bits per heavy atom. The first kappa shape index (κ1) is 16.1. The van der Waals surface area contributed by atoms with E-state index in [4.69, 9.17) is 0 Å². The molecule has 1 aliphatic rings. The molecule has 1 aromatic heterocycles. The molecule has 0 radical (unpaired) electrons. The van der Waals surface area contributed by atoms with Crippen molar-refractivity contribution in [3.05, 3.63) is 11.9 Å². The summed E-state index contributed by atoms with van der Waals surface area (Å²) in [6, 6.07) is 0.573. The van der Waals surface area contributed by atoms with E-state index in [9.17, 15) is 0 Å². The van der Waals surface area contributed by atoms with E-state index in [-0.39, 0.29) is 0 Å². The Balaban J connectivity index is 2.12. The summed E-state index contributed by atoms with van der Waals surface area (Å²) in [5, 5.41) is 7.07. The molecule has 2 unspecified atom stereocenters. The summed E-state index contributed by atoms with van der Waals surface area (Å²) >= 11 is 0. The molecule has 2 atom stereocenters. The van der Waals surface area contributed by atoms with Gasteiger partial charge in [-0.3, -0.25) is 0 Å². The molecule has 0 saturated heterocycles. The maximum atomic E-state index is 4.52. The second kappa shape index (κ2) is 8.20. The molecule has 0 aliphatic heterocycles.